The van der Waals surface area contributed by atoms with Crippen molar-refractivity contribution in [3.63, 3.8) is 0 Å². The maximum absolute atomic E-state index is 12.0. The number of urea groups is 1. The summed E-state index contributed by atoms with van der Waals surface area (Å²) in [6, 6.07) is 8.14. The summed E-state index contributed by atoms with van der Waals surface area (Å²) in [5.74, 6) is 0.807. The van der Waals surface area contributed by atoms with Crippen LogP contribution in [0.5, 0.6) is 0 Å². The van der Waals surface area contributed by atoms with Crippen LogP contribution in [0.4, 0.5) is 4.79 Å². The van der Waals surface area contributed by atoms with Crippen LogP contribution in [0.15, 0.2) is 30.3 Å². The van der Waals surface area contributed by atoms with Crippen molar-refractivity contribution >= 4 is 23.8 Å². The molecule has 0 radical (unpaired) electrons. The van der Waals surface area contributed by atoms with Gasteiger partial charge in [-0.15, -0.1) is 0 Å². The van der Waals surface area contributed by atoms with Gasteiger partial charge in [0.05, 0.1) is 0 Å². The van der Waals surface area contributed by atoms with Crippen LogP contribution in [-0.4, -0.2) is 52.6 Å². The zero-order chi connectivity index (χ0) is 14.4. The average Bonchev–Trinajstić information content (AvgIpc) is 2.48. The topological polar surface area (TPSA) is 69.6 Å². The molecule has 1 atom stereocenters. The summed E-state index contributed by atoms with van der Waals surface area (Å²) < 4.78 is 0. The third kappa shape index (κ3) is 4.16. The SMILES string of the molecule is O=C(O)[C@@H](Cc1ccccc1)NC(=O)N1CCSCC1. The fraction of sp³-hybridized carbons (Fsp3) is 0.429. The third-order valence-electron chi connectivity index (χ3n) is 3.18. The van der Waals surface area contributed by atoms with Crippen molar-refractivity contribution in [2.75, 3.05) is 24.6 Å². The summed E-state index contributed by atoms with van der Waals surface area (Å²) in [5.41, 5.74) is 0.898. The highest BCUT2D eigenvalue weighted by atomic mass is 32.2. The number of carbonyl (C=O) groups excluding carboxylic acids is 1. The summed E-state index contributed by atoms with van der Waals surface area (Å²) in [6.07, 6.45) is 0.296. The molecule has 0 aliphatic carbocycles. The number of aliphatic carboxylic acids is 1. The van der Waals surface area contributed by atoms with Gasteiger partial charge < -0.3 is 15.3 Å². The van der Waals surface area contributed by atoms with Crippen molar-refractivity contribution in [3.8, 4) is 0 Å². The predicted octanol–water partition coefficient (Wildman–Crippen LogP) is 1.44. The number of rotatable bonds is 4. The minimum Gasteiger partial charge on any atom is -0.480 e. The number of nitrogens with zero attached hydrogens (tertiary/aromatic N) is 1. The van der Waals surface area contributed by atoms with E-state index in [9.17, 15) is 14.7 Å². The first-order valence-electron chi connectivity index (χ1n) is 6.57. The highest BCUT2D eigenvalue weighted by Gasteiger charge is 2.24. The summed E-state index contributed by atoms with van der Waals surface area (Å²) >= 11 is 1.81. The molecule has 0 spiro atoms. The van der Waals surface area contributed by atoms with Crippen molar-refractivity contribution in [2.45, 2.75) is 12.5 Å². The summed E-state index contributed by atoms with van der Waals surface area (Å²) in [5, 5.41) is 11.9. The van der Waals surface area contributed by atoms with Crippen molar-refractivity contribution in [3.05, 3.63) is 35.9 Å². The second kappa shape index (κ2) is 7.19. The number of benzene rings is 1. The van der Waals surface area contributed by atoms with Crippen LogP contribution >= 0.6 is 11.8 Å². The lowest BCUT2D eigenvalue weighted by Crippen LogP contribution is -2.51. The molecule has 2 N–H and O–H groups in total. The summed E-state index contributed by atoms with van der Waals surface area (Å²) in [6.45, 7) is 1.35. The number of carboxylic acid groups (broad SMARTS) is 1. The summed E-state index contributed by atoms with van der Waals surface area (Å²) in [4.78, 5) is 25.0. The molecule has 0 bridgehead atoms. The van der Waals surface area contributed by atoms with E-state index in [1.165, 1.54) is 0 Å². The molecule has 1 saturated heterocycles. The first-order valence-corrected chi connectivity index (χ1v) is 7.72. The highest BCUT2D eigenvalue weighted by molar-refractivity contribution is 7.99. The second-order valence-electron chi connectivity index (χ2n) is 4.63. The van der Waals surface area contributed by atoms with E-state index in [1.54, 1.807) is 16.7 Å². The Balaban J connectivity index is 1.95. The van der Waals surface area contributed by atoms with Crippen LogP contribution in [0.3, 0.4) is 0 Å². The van der Waals surface area contributed by atoms with Gasteiger partial charge in [0.2, 0.25) is 0 Å². The van der Waals surface area contributed by atoms with E-state index in [-0.39, 0.29) is 6.03 Å². The predicted molar refractivity (Wildman–Crippen MR) is 79.0 cm³/mol. The number of carbonyl (C=O) groups is 2. The minimum absolute atomic E-state index is 0.284. The smallest absolute Gasteiger partial charge is 0.326 e. The largest absolute Gasteiger partial charge is 0.480 e. The van der Waals surface area contributed by atoms with Crippen molar-refractivity contribution < 1.29 is 14.7 Å². The number of nitrogens with one attached hydrogen (secondary N) is 1. The second-order valence-corrected chi connectivity index (χ2v) is 5.85. The Labute approximate surface area is 122 Å². The molecule has 20 heavy (non-hydrogen) atoms. The summed E-state index contributed by atoms with van der Waals surface area (Å²) in [7, 11) is 0. The molecule has 2 rings (SSSR count). The Bertz CT molecular complexity index is 461. The monoisotopic (exact) mass is 294 g/mol. The first-order chi connectivity index (χ1) is 9.66. The zero-order valence-electron chi connectivity index (χ0n) is 11.1. The molecular weight excluding hydrogens is 276 g/mol. The molecule has 1 aromatic carbocycles. The zero-order valence-corrected chi connectivity index (χ0v) is 11.9. The van der Waals surface area contributed by atoms with Gasteiger partial charge in [0.15, 0.2) is 0 Å². The fourth-order valence-corrected chi connectivity index (χ4v) is 2.96. The maximum atomic E-state index is 12.0. The van der Waals surface area contributed by atoms with Crippen LogP contribution in [0.2, 0.25) is 0 Å². The lowest BCUT2D eigenvalue weighted by Gasteiger charge is -2.28. The van der Waals surface area contributed by atoms with Crippen LogP contribution in [0, 0.1) is 0 Å². The number of amides is 2. The van der Waals surface area contributed by atoms with E-state index in [0.717, 1.165) is 17.1 Å². The molecule has 1 aliphatic rings. The van der Waals surface area contributed by atoms with Crippen molar-refractivity contribution in [2.24, 2.45) is 0 Å². The maximum Gasteiger partial charge on any atom is 0.326 e. The van der Waals surface area contributed by atoms with Crippen molar-refractivity contribution in [1.82, 2.24) is 10.2 Å². The Morgan fingerprint density at radius 2 is 1.90 bits per heavy atom. The normalized spacial score (nSPS) is 16.5. The molecule has 1 heterocycles. The van der Waals surface area contributed by atoms with Gasteiger partial charge in [0, 0.05) is 31.0 Å². The number of hydrogen-bond acceptors (Lipinski definition) is 3. The number of carboxylic acids is 1. The van der Waals surface area contributed by atoms with E-state index >= 15 is 0 Å². The lowest BCUT2D eigenvalue weighted by atomic mass is 10.1. The van der Waals surface area contributed by atoms with E-state index in [2.05, 4.69) is 5.32 Å². The van der Waals surface area contributed by atoms with Gasteiger partial charge in [-0.25, -0.2) is 9.59 Å². The van der Waals surface area contributed by atoms with Crippen LogP contribution < -0.4 is 5.32 Å². The molecule has 108 valence electrons. The lowest BCUT2D eigenvalue weighted by molar-refractivity contribution is -0.139. The van der Waals surface area contributed by atoms with Gasteiger partial charge in [-0.05, 0) is 5.56 Å². The molecule has 5 nitrogen and oxygen atoms in total. The molecule has 0 saturated carbocycles. The number of hydrogen-bond donors (Lipinski definition) is 2. The van der Waals surface area contributed by atoms with Crippen LogP contribution in [-0.2, 0) is 11.2 Å². The molecule has 1 aliphatic heterocycles. The molecule has 6 heteroatoms. The molecule has 0 aromatic heterocycles. The van der Waals surface area contributed by atoms with Gasteiger partial charge in [-0.3, -0.25) is 0 Å². The molecule has 2 amide bonds. The molecule has 1 aromatic rings. The van der Waals surface area contributed by atoms with E-state index in [4.69, 9.17) is 0 Å². The van der Waals surface area contributed by atoms with E-state index < -0.39 is 12.0 Å². The Morgan fingerprint density at radius 3 is 2.50 bits per heavy atom. The average molecular weight is 294 g/mol. The van der Waals surface area contributed by atoms with E-state index in [1.807, 2.05) is 30.3 Å². The Kier molecular flexibility index (Phi) is 5.29. The van der Waals surface area contributed by atoms with Gasteiger partial charge in [0.1, 0.15) is 6.04 Å². The van der Waals surface area contributed by atoms with Crippen LogP contribution in [0.25, 0.3) is 0 Å². The minimum atomic E-state index is -1.01. The Hall–Kier alpha value is -1.69. The van der Waals surface area contributed by atoms with Gasteiger partial charge >= 0.3 is 12.0 Å². The molecule has 0 unspecified atom stereocenters. The van der Waals surface area contributed by atoms with Gasteiger partial charge in [-0.1, -0.05) is 30.3 Å². The quantitative estimate of drug-likeness (QED) is 0.881. The molecule has 1 fully saturated rings. The highest BCUT2D eigenvalue weighted by Crippen LogP contribution is 2.10. The number of thioether (sulfide) groups is 1. The van der Waals surface area contributed by atoms with E-state index in [0.29, 0.717) is 19.5 Å². The molecular formula is C14H18N2O3S. The third-order valence-corrected chi connectivity index (χ3v) is 4.12. The Morgan fingerprint density at radius 1 is 1.25 bits per heavy atom. The van der Waals surface area contributed by atoms with Crippen molar-refractivity contribution in [1.29, 1.82) is 0 Å². The first kappa shape index (κ1) is 14.7. The van der Waals surface area contributed by atoms with Gasteiger partial charge in [-0.2, -0.15) is 11.8 Å². The van der Waals surface area contributed by atoms with Gasteiger partial charge in [0.25, 0.3) is 0 Å². The van der Waals surface area contributed by atoms with Crippen LogP contribution in [0.1, 0.15) is 5.56 Å². The fourth-order valence-electron chi connectivity index (χ4n) is 2.06. The standard InChI is InChI=1S/C14H18N2O3S/c17-13(18)12(10-11-4-2-1-3-5-11)15-14(19)16-6-8-20-9-7-16/h1-5,12H,6-10H2,(H,15,19)(H,17,18)/t12-/m1/s1.